The van der Waals surface area contributed by atoms with Crippen molar-refractivity contribution in [3.8, 4) is 0 Å². The van der Waals surface area contributed by atoms with Gasteiger partial charge in [0.25, 0.3) is 0 Å². The van der Waals surface area contributed by atoms with Crippen LogP contribution in [0.5, 0.6) is 0 Å². The second-order valence-corrected chi connectivity index (χ2v) is 11.5. The second-order valence-electron chi connectivity index (χ2n) is 8.37. The molecule has 2 rings (SSSR count). The lowest BCUT2D eigenvalue weighted by molar-refractivity contribution is -0.139. The first-order valence-corrected chi connectivity index (χ1v) is 14.0. The molecule has 192 valence electrons. The number of carbonyl (C=O) groups is 2. The molecule has 2 aromatic carbocycles. The molecule has 0 fully saturated rings. The highest BCUT2D eigenvalue weighted by molar-refractivity contribution is 7.92. The fourth-order valence-electron chi connectivity index (χ4n) is 3.36. The van der Waals surface area contributed by atoms with Crippen molar-refractivity contribution in [2.24, 2.45) is 0 Å². The maximum absolute atomic E-state index is 13.6. The van der Waals surface area contributed by atoms with Gasteiger partial charge >= 0.3 is 0 Å². The molecule has 0 aliphatic heterocycles. The Bertz CT molecular complexity index is 1170. The summed E-state index contributed by atoms with van der Waals surface area (Å²) in [6.07, 6.45) is 1.72. The van der Waals surface area contributed by atoms with Crippen molar-refractivity contribution in [1.82, 2.24) is 10.2 Å². The van der Waals surface area contributed by atoms with Gasteiger partial charge in [-0.05, 0) is 57.0 Å². The Hall–Kier alpha value is -2.00. The van der Waals surface area contributed by atoms with E-state index in [-0.39, 0.29) is 24.2 Å². The van der Waals surface area contributed by atoms with Gasteiger partial charge in [0.1, 0.15) is 12.6 Å². The molecule has 7 nitrogen and oxygen atoms in total. The van der Waals surface area contributed by atoms with E-state index in [1.807, 2.05) is 13.8 Å². The van der Waals surface area contributed by atoms with Gasteiger partial charge in [-0.15, -0.1) is 0 Å². The number of nitrogens with one attached hydrogen (secondary N) is 1. The summed E-state index contributed by atoms with van der Waals surface area (Å²) >= 11 is 18.9. The van der Waals surface area contributed by atoms with Gasteiger partial charge in [-0.2, -0.15) is 0 Å². The number of amides is 2. The first-order valence-electron chi connectivity index (χ1n) is 11.0. The largest absolute Gasteiger partial charge is 0.352 e. The zero-order valence-corrected chi connectivity index (χ0v) is 23.4. The molecule has 0 aliphatic rings. The molecule has 0 aliphatic carbocycles. The number of halogens is 3. The van der Waals surface area contributed by atoms with Crippen molar-refractivity contribution in [3.05, 3.63) is 62.6 Å². The summed E-state index contributed by atoms with van der Waals surface area (Å²) in [6, 6.07) is 8.72. The summed E-state index contributed by atoms with van der Waals surface area (Å²) < 4.78 is 26.4. The molecule has 0 bridgehead atoms. The Labute approximate surface area is 222 Å². The molecule has 2 amide bonds. The molecule has 0 aromatic heterocycles. The predicted octanol–water partition coefficient (Wildman–Crippen LogP) is 5.05. The highest BCUT2D eigenvalue weighted by atomic mass is 35.5. The van der Waals surface area contributed by atoms with Gasteiger partial charge in [0.2, 0.25) is 21.8 Å². The van der Waals surface area contributed by atoms with E-state index in [0.29, 0.717) is 32.6 Å². The van der Waals surface area contributed by atoms with Crippen LogP contribution in [0.2, 0.25) is 15.1 Å². The summed E-state index contributed by atoms with van der Waals surface area (Å²) in [5, 5.41) is 3.89. The van der Waals surface area contributed by atoms with Gasteiger partial charge < -0.3 is 10.2 Å². The Kier molecular flexibility index (Phi) is 10.3. The SMILES string of the molecule is CC[C@H](C)NC(=O)[C@@H](C)N(Cc1c(Cl)cccc1Cl)C(=O)CN(c1cccc(Cl)c1C)S(C)(=O)=O. The lowest BCUT2D eigenvalue weighted by Gasteiger charge is -2.32. The molecule has 11 heteroatoms. The maximum Gasteiger partial charge on any atom is 0.244 e. The van der Waals surface area contributed by atoms with E-state index in [2.05, 4.69) is 5.32 Å². The minimum Gasteiger partial charge on any atom is -0.352 e. The van der Waals surface area contributed by atoms with E-state index >= 15 is 0 Å². The summed E-state index contributed by atoms with van der Waals surface area (Å²) in [6.45, 7) is 6.41. The summed E-state index contributed by atoms with van der Waals surface area (Å²) in [5.41, 5.74) is 1.24. The van der Waals surface area contributed by atoms with Gasteiger partial charge in [0.15, 0.2) is 0 Å². The van der Waals surface area contributed by atoms with E-state index in [1.165, 1.54) is 4.90 Å². The molecule has 0 radical (unpaired) electrons. The second kappa shape index (κ2) is 12.3. The van der Waals surface area contributed by atoms with Crippen LogP contribution < -0.4 is 9.62 Å². The van der Waals surface area contributed by atoms with Crippen LogP contribution in [0.1, 0.15) is 38.3 Å². The van der Waals surface area contributed by atoms with Gasteiger partial charge in [0, 0.05) is 33.2 Å². The Morgan fingerprint density at radius 2 is 1.54 bits per heavy atom. The third-order valence-corrected chi connectivity index (χ3v) is 7.99. The smallest absolute Gasteiger partial charge is 0.244 e. The van der Waals surface area contributed by atoms with Crippen LogP contribution in [0.25, 0.3) is 0 Å². The average Bonchev–Trinajstić information content (AvgIpc) is 2.78. The lowest BCUT2D eigenvalue weighted by atomic mass is 10.1. The van der Waals surface area contributed by atoms with Gasteiger partial charge in [-0.1, -0.05) is 53.9 Å². The molecule has 35 heavy (non-hydrogen) atoms. The summed E-state index contributed by atoms with van der Waals surface area (Å²) in [5.74, 6) is -0.974. The standard InChI is InChI=1S/C24H30Cl3N3O4S/c1-6-15(2)28-24(32)17(4)29(13-18-20(26)10-7-11-21(18)27)23(31)14-30(35(5,33)34)22-12-8-9-19(25)16(22)3/h7-12,15,17H,6,13-14H2,1-5H3,(H,28,32)/t15-,17+/m0/s1. The van der Waals surface area contributed by atoms with Crippen LogP contribution in [0.15, 0.2) is 36.4 Å². The lowest BCUT2D eigenvalue weighted by Crippen LogP contribution is -2.52. The molecule has 0 saturated heterocycles. The summed E-state index contributed by atoms with van der Waals surface area (Å²) in [4.78, 5) is 27.8. The number of anilines is 1. The van der Waals surface area contributed by atoms with Crippen molar-refractivity contribution >= 4 is 62.3 Å². The average molecular weight is 563 g/mol. The first kappa shape index (κ1) is 29.2. The number of hydrogen-bond acceptors (Lipinski definition) is 4. The minimum atomic E-state index is -3.87. The number of nitrogens with zero attached hydrogens (tertiary/aromatic N) is 2. The van der Waals surface area contributed by atoms with Crippen molar-refractivity contribution in [2.75, 3.05) is 17.1 Å². The van der Waals surface area contributed by atoms with Crippen molar-refractivity contribution in [1.29, 1.82) is 0 Å². The summed E-state index contributed by atoms with van der Waals surface area (Å²) in [7, 11) is -3.87. The minimum absolute atomic E-state index is 0.0848. The topological polar surface area (TPSA) is 86.8 Å². The highest BCUT2D eigenvalue weighted by Gasteiger charge is 2.31. The molecule has 0 spiro atoms. The van der Waals surface area contributed by atoms with Crippen LogP contribution in [0.4, 0.5) is 5.69 Å². The van der Waals surface area contributed by atoms with Crippen LogP contribution in [0, 0.1) is 6.92 Å². The van der Waals surface area contributed by atoms with Gasteiger partial charge in [0.05, 0.1) is 11.9 Å². The van der Waals surface area contributed by atoms with Gasteiger partial charge in [-0.25, -0.2) is 8.42 Å². The molecule has 0 unspecified atom stereocenters. The monoisotopic (exact) mass is 561 g/mol. The number of carbonyl (C=O) groups excluding carboxylic acids is 2. The number of benzene rings is 2. The maximum atomic E-state index is 13.6. The fraction of sp³-hybridized carbons (Fsp3) is 0.417. The highest BCUT2D eigenvalue weighted by Crippen LogP contribution is 2.30. The van der Waals surface area contributed by atoms with Crippen LogP contribution in [-0.2, 0) is 26.2 Å². The van der Waals surface area contributed by atoms with E-state index < -0.39 is 28.5 Å². The normalized spacial score (nSPS) is 13.1. The number of rotatable bonds is 10. The fourth-order valence-corrected chi connectivity index (χ4v) is 4.95. The molecule has 2 aromatic rings. The zero-order chi connectivity index (χ0) is 26.5. The van der Waals surface area contributed by atoms with E-state index in [1.54, 1.807) is 50.2 Å². The van der Waals surface area contributed by atoms with E-state index in [0.717, 1.165) is 10.6 Å². The molecular weight excluding hydrogens is 533 g/mol. The van der Waals surface area contributed by atoms with Gasteiger partial charge in [-0.3, -0.25) is 13.9 Å². The third-order valence-electron chi connectivity index (χ3n) is 5.75. The Morgan fingerprint density at radius 3 is 2.09 bits per heavy atom. The van der Waals surface area contributed by atoms with Crippen molar-refractivity contribution in [2.45, 2.75) is 52.7 Å². The number of hydrogen-bond donors (Lipinski definition) is 1. The van der Waals surface area contributed by atoms with E-state index in [4.69, 9.17) is 34.8 Å². The van der Waals surface area contributed by atoms with Crippen LogP contribution in [0.3, 0.4) is 0 Å². The number of sulfonamides is 1. The molecule has 2 atom stereocenters. The molecular formula is C24H30Cl3N3O4S. The quantitative estimate of drug-likeness (QED) is 0.439. The third kappa shape index (κ3) is 7.49. The predicted molar refractivity (Wildman–Crippen MR) is 143 cm³/mol. The molecule has 1 N–H and O–H groups in total. The van der Waals surface area contributed by atoms with Crippen molar-refractivity contribution < 1.29 is 18.0 Å². The zero-order valence-electron chi connectivity index (χ0n) is 20.3. The Balaban J connectivity index is 2.49. The van der Waals surface area contributed by atoms with E-state index in [9.17, 15) is 18.0 Å². The van der Waals surface area contributed by atoms with Crippen molar-refractivity contribution in [3.63, 3.8) is 0 Å². The molecule has 0 heterocycles. The molecule has 0 saturated carbocycles. The first-order chi connectivity index (χ1) is 16.3. The van der Waals surface area contributed by atoms with Crippen LogP contribution >= 0.6 is 34.8 Å². The van der Waals surface area contributed by atoms with Crippen LogP contribution in [-0.4, -0.2) is 50.0 Å². The Morgan fingerprint density at radius 1 is 1.00 bits per heavy atom.